The van der Waals surface area contributed by atoms with E-state index in [9.17, 15) is 10.1 Å². The highest BCUT2D eigenvalue weighted by atomic mass is 16.6. The Morgan fingerprint density at radius 2 is 1.88 bits per heavy atom. The van der Waals surface area contributed by atoms with E-state index >= 15 is 0 Å². The predicted molar refractivity (Wildman–Crippen MR) is 69.2 cm³/mol. The molecule has 0 aromatic heterocycles. The van der Waals surface area contributed by atoms with Gasteiger partial charge in [0, 0.05) is 31.4 Å². The summed E-state index contributed by atoms with van der Waals surface area (Å²) in [5.41, 5.74) is 6.77. The van der Waals surface area contributed by atoms with Crippen LogP contribution in [0.5, 0.6) is 0 Å². The van der Waals surface area contributed by atoms with E-state index < -0.39 is 4.92 Å². The lowest BCUT2D eigenvalue weighted by molar-refractivity contribution is -0.384. The molecular formula is C12H19N3O2. The third kappa shape index (κ3) is 3.71. The molecule has 0 spiro atoms. The molecule has 0 fully saturated rings. The Kier molecular flexibility index (Phi) is 4.07. The fraction of sp³-hybridized carbons (Fsp3) is 0.500. The first kappa shape index (κ1) is 13.4. The van der Waals surface area contributed by atoms with Crippen LogP contribution < -0.4 is 10.6 Å². The van der Waals surface area contributed by atoms with Crippen LogP contribution in [0.3, 0.4) is 0 Å². The molecule has 0 heterocycles. The highest BCUT2D eigenvalue weighted by molar-refractivity contribution is 5.50. The first-order valence-electron chi connectivity index (χ1n) is 5.51. The second-order valence-corrected chi connectivity index (χ2v) is 5.00. The van der Waals surface area contributed by atoms with Gasteiger partial charge in [0.1, 0.15) is 0 Å². The molecule has 94 valence electrons. The van der Waals surface area contributed by atoms with Crippen molar-refractivity contribution in [1.82, 2.24) is 0 Å². The Hall–Kier alpha value is -1.62. The summed E-state index contributed by atoms with van der Waals surface area (Å²) in [6.45, 7) is 5.59. The molecule has 0 unspecified atom stereocenters. The average molecular weight is 237 g/mol. The van der Waals surface area contributed by atoms with Gasteiger partial charge in [0.2, 0.25) is 0 Å². The molecule has 0 atom stereocenters. The molecule has 0 radical (unpaired) electrons. The lowest BCUT2D eigenvalue weighted by atomic mass is 9.93. The number of nitrogens with zero attached hydrogens (tertiary/aromatic N) is 2. The van der Waals surface area contributed by atoms with Gasteiger partial charge in [-0.05, 0) is 24.1 Å². The number of nitro groups is 1. The molecule has 0 saturated heterocycles. The van der Waals surface area contributed by atoms with E-state index in [1.165, 1.54) is 12.1 Å². The molecule has 5 heteroatoms. The molecule has 0 amide bonds. The van der Waals surface area contributed by atoms with Gasteiger partial charge in [-0.3, -0.25) is 10.1 Å². The minimum Gasteiger partial charge on any atom is -0.374 e. The molecule has 1 aromatic rings. The Labute approximate surface area is 101 Å². The maximum atomic E-state index is 10.5. The number of nitrogens with two attached hydrogens (primary N) is 1. The number of rotatable bonds is 5. The summed E-state index contributed by atoms with van der Waals surface area (Å²) < 4.78 is 0. The molecule has 0 saturated carbocycles. The number of hydrogen-bond acceptors (Lipinski definition) is 4. The minimum atomic E-state index is -0.395. The van der Waals surface area contributed by atoms with E-state index in [0.717, 1.165) is 12.2 Å². The summed E-state index contributed by atoms with van der Waals surface area (Å²) in [5.74, 6) is 0. The zero-order chi connectivity index (χ0) is 13.1. The molecule has 1 aromatic carbocycles. The molecule has 0 bridgehead atoms. The van der Waals surface area contributed by atoms with Crippen LogP contribution in [0.15, 0.2) is 24.3 Å². The maximum Gasteiger partial charge on any atom is 0.269 e. The van der Waals surface area contributed by atoms with Crippen LogP contribution in [0.4, 0.5) is 11.4 Å². The van der Waals surface area contributed by atoms with E-state index in [2.05, 4.69) is 18.7 Å². The van der Waals surface area contributed by atoms with Gasteiger partial charge in [-0.15, -0.1) is 0 Å². The number of nitro benzene ring substituents is 1. The summed E-state index contributed by atoms with van der Waals surface area (Å²) >= 11 is 0. The SMILES string of the molecule is CN(CC(C)(C)CN)c1ccc([N+](=O)[O-])cc1. The highest BCUT2D eigenvalue weighted by Crippen LogP contribution is 2.22. The fourth-order valence-corrected chi connectivity index (χ4v) is 1.63. The van der Waals surface area contributed by atoms with Crippen LogP contribution in [-0.4, -0.2) is 25.1 Å². The molecule has 2 N–H and O–H groups in total. The largest absolute Gasteiger partial charge is 0.374 e. The number of anilines is 1. The second-order valence-electron chi connectivity index (χ2n) is 5.00. The quantitative estimate of drug-likeness (QED) is 0.628. The van der Waals surface area contributed by atoms with E-state index in [-0.39, 0.29) is 11.1 Å². The molecule has 0 aliphatic rings. The molecule has 0 aliphatic heterocycles. The molecular weight excluding hydrogens is 218 g/mol. The first-order chi connectivity index (χ1) is 7.85. The highest BCUT2D eigenvalue weighted by Gasteiger charge is 2.18. The predicted octanol–water partition coefficient (Wildman–Crippen LogP) is 2.02. The third-order valence-corrected chi connectivity index (χ3v) is 2.72. The van der Waals surface area contributed by atoms with Crippen molar-refractivity contribution >= 4 is 11.4 Å². The maximum absolute atomic E-state index is 10.5. The van der Waals surface area contributed by atoms with E-state index in [0.29, 0.717) is 6.54 Å². The number of hydrogen-bond donors (Lipinski definition) is 1. The van der Waals surface area contributed by atoms with Crippen molar-refractivity contribution < 1.29 is 4.92 Å². The van der Waals surface area contributed by atoms with Crippen LogP contribution in [0.2, 0.25) is 0 Å². The van der Waals surface area contributed by atoms with Crippen molar-refractivity contribution in [3.05, 3.63) is 34.4 Å². The Morgan fingerprint density at radius 1 is 1.35 bits per heavy atom. The standard InChI is InChI=1S/C12H19N3O2/c1-12(2,8-13)9-14(3)10-4-6-11(7-5-10)15(16)17/h4-7H,8-9,13H2,1-3H3. The van der Waals surface area contributed by atoms with Gasteiger partial charge in [0.05, 0.1) is 4.92 Å². The number of benzene rings is 1. The van der Waals surface area contributed by atoms with E-state index in [1.54, 1.807) is 12.1 Å². The van der Waals surface area contributed by atoms with Crippen LogP contribution in [0.1, 0.15) is 13.8 Å². The van der Waals surface area contributed by atoms with Crippen LogP contribution in [0.25, 0.3) is 0 Å². The zero-order valence-electron chi connectivity index (χ0n) is 10.5. The Balaban J connectivity index is 2.76. The lowest BCUT2D eigenvalue weighted by Crippen LogP contribution is -2.36. The summed E-state index contributed by atoms with van der Waals surface area (Å²) in [4.78, 5) is 12.2. The van der Waals surface area contributed by atoms with Crippen LogP contribution in [0, 0.1) is 15.5 Å². The molecule has 5 nitrogen and oxygen atoms in total. The Bertz CT molecular complexity index is 387. The summed E-state index contributed by atoms with van der Waals surface area (Å²) in [7, 11) is 1.96. The summed E-state index contributed by atoms with van der Waals surface area (Å²) in [5, 5.41) is 10.5. The van der Waals surface area contributed by atoms with Gasteiger partial charge in [-0.2, -0.15) is 0 Å². The van der Waals surface area contributed by atoms with Crippen LogP contribution >= 0.6 is 0 Å². The van der Waals surface area contributed by atoms with Gasteiger partial charge < -0.3 is 10.6 Å². The summed E-state index contributed by atoms with van der Waals surface area (Å²) in [6.07, 6.45) is 0. The van der Waals surface area contributed by atoms with E-state index in [1.807, 2.05) is 7.05 Å². The first-order valence-corrected chi connectivity index (χ1v) is 5.51. The van der Waals surface area contributed by atoms with Crippen molar-refractivity contribution in [2.75, 3.05) is 25.0 Å². The van der Waals surface area contributed by atoms with Gasteiger partial charge >= 0.3 is 0 Å². The zero-order valence-corrected chi connectivity index (χ0v) is 10.5. The van der Waals surface area contributed by atoms with Gasteiger partial charge in [-0.1, -0.05) is 13.8 Å². The Morgan fingerprint density at radius 3 is 2.29 bits per heavy atom. The van der Waals surface area contributed by atoms with Crippen molar-refractivity contribution in [3.63, 3.8) is 0 Å². The van der Waals surface area contributed by atoms with Crippen molar-refractivity contribution in [2.45, 2.75) is 13.8 Å². The fourth-order valence-electron chi connectivity index (χ4n) is 1.63. The normalized spacial score (nSPS) is 11.3. The summed E-state index contributed by atoms with van der Waals surface area (Å²) in [6, 6.07) is 6.54. The lowest BCUT2D eigenvalue weighted by Gasteiger charge is -2.30. The number of non-ortho nitro benzene ring substituents is 1. The van der Waals surface area contributed by atoms with E-state index in [4.69, 9.17) is 5.73 Å². The van der Waals surface area contributed by atoms with Gasteiger partial charge in [-0.25, -0.2) is 0 Å². The van der Waals surface area contributed by atoms with Crippen molar-refractivity contribution in [2.24, 2.45) is 11.1 Å². The van der Waals surface area contributed by atoms with Gasteiger partial charge in [0.25, 0.3) is 5.69 Å². The minimum absolute atomic E-state index is 0.0243. The topological polar surface area (TPSA) is 72.4 Å². The van der Waals surface area contributed by atoms with Gasteiger partial charge in [0.15, 0.2) is 0 Å². The molecule has 1 rings (SSSR count). The molecule has 0 aliphatic carbocycles. The van der Waals surface area contributed by atoms with Crippen molar-refractivity contribution in [3.8, 4) is 0 Å². The smallest absolute Gasteiger partial charge is 0.269 e. The van der Waals surface area contributed by atoms with Crippen molar-refractivity contribution in [1.29, 1.82) is 0 Å². The third-order valence-electron chi connectivity index (χ3n) is 2.72. The second kappa shape index (κ2) is 5.14. The van der Waals surface area contributed by atoms with Crippen LogP contribution in [-0.2, 0) is 0 Å². The monoisotopic (exact) mass is 237 g/mol. The average Bonchev–Trinajstić information content (AvgIpc) is 2.28. The molecule has 17 heavy (non-hydrogen) atoms.